The van der Waals surface area contributed by atoms with Gasteiger partial charge in [-0.1, -0.05) is 49.6 Å². The van der Waals surface area contributed by atoms with E-state index >= 15 is 0 Å². The molecule has 22 heavy (non-hydrogen) atoms. The molecule has 3 heteroatoms. The number of anilines is 1. The highest BCUT2D eigenvalue weighted by molar-refractivity contribution is 5.59. The van der Waals surface area contributed by atoms with Crippen LogP contribution >= 0.6 is 0 Å². The molecule has 0 spiro atoms. The monoisotopic (exact) mass is 293 g/mol. The van der Waals surface area contributed by atoms with E-state index in [9.17, 15) is 0 Å². The molecule has 2 aromatic heterocycles. The van der Waals surface area contributed by atoms with Gasteiger partial charge in [-0.3, -0.25) is 4.40 Å². The van der Waals surface area contributed by atoms with Crippen molar-refractivity contribution in [1.82, 2.24) is 9.38 Å². The normalized spacial score (nSPS) is 19.3. The third kappa shape index (κ3) is 2.45. The van der Waals surface area contributed by atoms with Gasteiger partial charge in [0.15, 0.2) is 0 Å². The quantitative estimate of drug-likeness (QED) is 0.896. The first-order chi connectivity index (χ1) is 10.8. The summed E-state index contributed by atoms with van der Waals surface area (Å²) in [7, 11) is 0. The van der Waals surface area contributed by atoms with Gasteiger partial charge in [0.2, 0.25) is 0 Å². The number of pyridine rings is 1. The van der Waals surface area contributed by atoms with Crippen LogP contribution in [0.25, 0.3) is 5.65 Å². The van der Waals surface area contributed by atoms with Gasteiger partial charge in [0.25, 0.3) is 0 Å². The highest BCUT2D eigenvalue weighted by atomic mass is 15.1. The molecule has 4 rings (SSSR count). The van der Waals surface area contributed by atoms with E-state index in [1.807, 2.05) is 0 Å². The Morgan fingerprint density at radius 3 is 2.64 bits per heavy atom. The summed E-state index contributed by atoms with van der Waals surface area (Å²) in [5.41, 5.74) is 3.45. The van der Waals surface area contributed by atoms with Gasteiger partial charge < -0.3 is 5.32 Å². The summed E-state index contributed by atoms with van der Waals surface area (Å²) in [4.78, 5) is 4.90. The van der Waals surface area contributed by atoms with Gasteiger partial charge in [-0.25, -0.2) is 4.98 Å². The van der Waals surface area contributed by atoms with E-state index in [4.69, 9.17) is 4.98 Å². The maximum absolute atomic E-state index is 4.90. The lowest BCUT2D eigenvalue weighted by atomic mass is 9.95. The number of allylic oxidation sites excluding steroid dienone is 4. The van der Waals surface area contributed by atoms with Crippen LogP contribution in [0.3, 0.4) is 0 Å². The van der Waals surface area contributed by atoms with E-state index < -0.39 is 0 Å². The lowest BCUT2D eigenvalue weighted by Crippen LogP contribution is -2.23. The average Bonchev–Trinajstić information content (AvgIpc) is 3.17. The molecule has 0 unspecified atom stereocenters. The van der Waals surface area contributed by atoms with Crippen LogP contribution in [0.15, 0.2) is 42.6 Å². The molecule has 0 saturated heterocycles. The molecule has 1 fully saturated rings. The van der Waals surface area contributed by atoms with Gasteiger partial charge in [-0.15, -0.1) is 0 Å². The molecule has 0 aromatic carbocycles. The Balaban J connectivity index is 1.77. The summed E-state index contributed by atoms with van der Waals surface area (Å²) in [5, 5.41) is 3.81. The second kappa shape index (κ2) is 5.64. The fourth-order valence-corrected chi connectivity index (χ4v) is 3.60. The number of fused-ring (bicyclic) bond motifs is 1. The van der Waals surface area contributed by atoms with Crippen molar-refractivity contribution in [3.05, 3.63) is 53.9 Å². The molecule has 3 nitrogen and oxygen atoms in total. The van der Waals surface area contributed by atoms with E-state index in [0.29, 0.717) is 12.0 Å². The number of hydrogen-bond donors (Lipinski definition) is 1. The second-order valence-electron chi connectivity index (χ2n) is 6.56. The van der Waals surface area contributed by atoms with Crippen LogP contribution in [0.4, 0.5) is 5.82 Å². The Morgan fingerprint density at radius 1 is 1.09 bits per heavy atom. The van der Waals surface area contributed by atoms with Crippen molar-refractivity contribution in [1.29, 1.82) is 0 Å². The largest absolute Gasteiger partial charge is 0.367 e. The first-order valence-electron chi connectivity index (χ1n) is 8.41. The van der Waals surface area contributed by atoms with E-state index in [1.54, 1.807) is 0 Å². The Labute approximate surface area is 131 Å². The lowest BCUT2D eigenvalue weighted by Gasteiger charge is -2.24. The third-order valence-electron chi connectivity index (χ3n) is 4.80. The third-order valence-corrected chi connectivity index (χ3v) is 4.80. The molecule has 2 heterocycles. The molecule has 2 aliphatic carbocycles. The van der Waals surface area contributed by atoms with Crippen LogP contribution in [-0.2, 0) is 0 Å². The molecule has 0 bridgehead atoms. The van der Waals surface area contributed by atoms with Gasteiger partial charge in [-0.05, 0) is 31.4 Å². The summed E-state index contributed by atoms with van der Waals surface area (Å²) < 4.78 is 2.24. The first kappa shape index (κ1) is 13.6. The van der Waals surface area contributed by atoms with Crippen molar-refractivity contribution >= 4 is 11.5 Å². The summed E-state index contributed by atoms with van der Waals surface area (Å²) in [6, 6.07) is 4.84. The standard InChI is InChI=1S/C19H23N3/c1-14-11-12-17-21-18(15-7-5-6-8-15)19(22(17)13-14)20-16-9-3-2-4-10-16/h5-8,11-13,15-16,20H,2-4,9-10H2,1H3. The summed E-state index contributed by atoms with van der Waals surface area (Å²) in [6.45, 7) is 2.14. The zero-order valence-electron chi connectivity index (χ0n) is 13.1. The number of nitrogens with zero attached hydrogens (tertiary/aromatic N) is 2. The molecule has 0 aliphatic heterocycles. The highest BCUT2D eigenvalue weighted by Crippen LogP contribution is 2.32. The smallest absolute Gasteiger partial charge is 0.138 e. The number of imidazole rings is 1. The van der Waals surface area contributed by atoms with Crippen molar-refractivity contribution in [3.8, 4) is 0 Å². The fourth-order valence-electron chi connectivity index (χ4n) is 3.60. The molecule has 2 aromatic rings. The SMILES string of the molecule is Cc1ccc2nc(C3C=CC=C3)c(NC3CCCCC3)n2c1. The van der Waals surface area contributed by atoms with Crippen LogP contribution in [0, 0.1) is 6.92 Å². The molecule has 2 aliphatic rings. The zero-order valence-corrected chi connectivity index (χ0v) is 13.1. The summed E-state index contributed by atoms with van der Waals surface area (Å²) in [6.07, 6.45) is 17.5. The minimum atomic E-state index is 0.297. The topological polar surface area (TPSA) is 29.3 Å². The maximum atomic E-state index is 4.90. The number of aromatic nitrogens is 2. The van der Waals surface area contributed by atoms with Crippen LogP contribution in [-0.4, -0.2) is 15.4 Å². The van der Waals surface area contributed by atoms with Gasteiger partial charge in [0.1, 0.15) is 11.5 Å². The second-order valence-corrected chi connectivity index (χ2v) is 6.56. The molecule has 114 valence electrons. The fraction of sp³-hybridized carbons (Fsp3) is 0.421. The van der Waals surface area contributed by atoms with Crippen LogP contribution in [0.2, 0.25) is 0 Å². The summed E-state index contributed by atoms with van der Waals surface area (Å²) in [5.74, 6) is 1.48. The van der Waals surface area contributed by atoms with Gasteiger partial charge in [0.05, 0.1) is 5.69 Å². The van der Waals surface area contributed by atoms with Crippen molar-refractivity contribution in [2.75, 3.05) is 5.32 Å². The number of rotatable bonds is 3. The van der Waals surface area contributed by atoms with Crippen molar-refractivity contribution in [3.63, 3.8) is 0 Å². The minimum Gasteiger partial charge on any atom is -0.367 e. The van der Waals surface area contributed by atoms with Crippen molar-refractivity contribution in [2.45, 2.75) is 51.0 Å². The molecule has 1 saturated carbocycles. The maximum Gasteiger partial charge on any atom is 0.138 e. The minimum absolute atomic E-state index is 0.297. The average molecular weight is 293 g/mol. The Kier molecular flexibility index (Phi) is 3.49. The molecule has 0 atom stereocenters. The Morgan fingerprint density at radius 2 is 1.86 bits per heavy atom. The zero-order chi connectivity index (χ0) is 14.9. The highest BCUT2D eigenvalue weighted by Gasteiger charge is 2.22. The van der Waals surface area contributed by atoms with Crippen molar-refractivity contribution in [2.24, 2.45) is 0 Å². The molecular formula is C19H23N3. The van der Waals surface area contributed by atoms with Crippen molar-refractivity contribution < 1.29 is 0 Å². The molecule has 0 radical (unpaired) electrons. The Hall–Kier alpha value is -2.03. The first-order valence-corrected chi connectivity index (χ1v) is 8.41. The summed E-state index contributed by atoms with van der Waals surface area (Å²) >= 11 is 0. The number of aryl methyl sites for hydroxylation is 1. The van der Waals surface area contributed by atoms with E-state index in [0.717, 1.165) is 11.3 Å². The van der Waals surface area contributed by atoms with Gasteiger partial charge in [-0.2, -0.15) is 0 Å². The Bertz CT molecular complexity index is 720. The predicted molar refractivity (Wildman–Crippen MR) is 91.4 cm³/mol. The molecule has 1 N–H and O–H groups in total. The van der Waals surface area contributed by atoms with E-state index in [-0.39, 0.29) is 0 Å². The van der Waals surface area contributed by atoms with Crippen LogP contribution in [0.1, 0.15) is 49.3 Å². The van der Waals surface area contributed by atoms with Crippen LogP contribution in [0.5, 0.6) is 0 Å². The number of nitrogens with one attached hydrogen (secondary N) is 1. The van der Waals surface area contributed by atoms with Crippen LogP contribution < -0.4 is 5.32 Å². The van der Waals surface area contributed by atoms with Gasteiger partial charge in [0, 0.05) is 18.2 Å². The molecular weight excluding hydrogens is 270 g/mol. The lowest BCUT2D eigenvalue weighted by molar-refractivity contribution is 0.461. The number of hydrogen-bond acceptors (Lipinski definition) is 2. The molecule has 0 amide bonds. The van der Waals surface area contributed by atoms with E-state index in [2.05, 4.69) is 59.3 Å². The van der Waals surface area contributed by atoms with Gasteiger partial charge >= 0.3 is 0 Å². The van der Waals surface area contributed by atoms with E-state index in [1.165, 1.54) is 43.5 Å². The predicted octanol–water partition coefficient (Wildman–Crippen LogP) is 4.60.